The first kappa shape index (κ1) is 15.8. The van der Waals surface area contributed by atoms with Crippen molar-refractivity contribution in [1.29, 1.82) is 0 Å². The second kappa shape index (κ2) is 7.44. The molecule has 0 fully saturated rings. The second-order valence-electron chi connectivity index (χ2n) is 4.97. The molecule has 1 aromatic heterocycles. The lowest BCUT2D eigenvalue weighted by Gasteiger charge is -2.04. The van der Waals surface area contributed by atoms with Crippen molar-refractivity contribution < 1.29 is 4.79 Å². The number of nitrogens with zero attached hydrogens (tertiary/aromatic N) is 1. The Bertz CT molecular complexity index is 800. The van der Waals surface area contributed by atoms with Gasteiger partial charge in [-0.1, -0.05) is 36.4 Å². The number of hydrogen-bond acceptors (Lipinski definition) is 4. The first-order valence-electron chi connectivity index (χ1n) is 7.18. The van der Waals surface area contributed by atoms with Crippen LogP contribution < -0.4 is 5.32 Å². The molecule has 1 N–H and O–H groups in total. The van der Waals surface area contributed by atoms with Gasteiger partial charge in [0.25, 0.3) is 5.91 Å². The molecule has 0 unspecified atom stereocenters. The summed E-state index contributed by atoms with van der Waals surface area (Å²) in [5, 5.41) is 5.66. The molecule has 1 amide bonds. The number of amides is 1. The van der Waals surface area contributed by atoms with Gasteiger partial charge in [-0.15, -0.1) is 23.1 Å². The van der Waals surface area contributed by atoms with Crippen molar-refractivity contribution in [3.05, 3.63) is 76.2 Å². The number of thioether (sulfide) groups is 1. The van der Waals surface area contributed by atoms with Crippen LogP contribution in [-0.2, 0) is 6.42 Å². The molecule has 3 nitrogen and oxygen atoms in total. The molecule has 2 aromatic carbocycles. The Balaban J connectivity index is 1.68. The third-order valence-corrected chi connectivity index (χ3v) is 4.88. The number of anilines is 1. The predicted molar refractivity (Wildman–Crippen MR) is 97.5 cm³/mol. The topological polar surface area (TPSA) is 42.0 Å². The Morgan fingerprint density at radius 1 is 1.17 bits per heavy atom. The summed E-state index contributed by atoms with van der Waals surface area (Å²) in [6.07, 6.45) is 2.76. The maximum Gasteiger partial charge on any atom is 0.275 e. The van der Waals surface area contributed by atoms with Crippen molar-refractivity contribution in [2.45, 2.75) is 11.3 Å². The molecule has 0 saturated heterocycles. The van der Waals surface area contributed by atoms with E-state index in [0.29, 0.717) is 5.69 Å². The summed E-state index contributed by atoms with van der Waals surface area (Å²) in [4.78, 5) is 17.9. The summed E-state index contributed by atoms with van der Waals surface area (Å²) in [6, 6.07) is 17.9. The number of rotatable bonds is 5. The molecule has 0 saturated carbocycles. The highest BCUT2D eigenvalue weighted by Crippen LogP contribution is 2.20. The Kier molecular flexibility index (Phi) is 5.10. The molecule has 23 heavy (non-hydrogen) atoms. The number of benzene rings is 2. The monoisotopic (exact) mass is 340 g/mol. The average Bonchev–Trinajstić information content (AvgIpc) is 3.04. The molecule has 3 rings (SSSR count). The van der Waals surface area contributed by atoms with Gasteiger partial charge in [0, 0.05) is 22.4 Å². The van der Waals surface area contributed by atoms with E-state index in [9.17, 15) is 4.79 Å². The van der Waals surface area contributed by atoms with Gasteiger partial charge in [-0.2, -0.15) is 0 Å². The molecule has 0 atom stereocenters. The van der Waals surface area contributed by atoms with Gasteiger partial charge in [0.1, 0.15) is 5.69 Å². The lowest BCUT2D eigenvalue weighted by atomic mass is 10.2. The van der Waals surface area contributed by atoms with Crippen molar-refractivity contribution >= 4 is 34.7 Å². The standard InChI is InChI=1S/C18H16N2OS2/c1-22-15-9-5-8-14(11-15)19-18(21)16-12-23-17(20-16)10-13-6-3-2-4-7-13/h2-9,11-12H,10H2,1H3,(H,19,21). The highest BCUT2D eigenvalue weighted by atomic mass is 32.2. The molecule has 0 radical (unpaired) electrons. The summed E-state index contributed by atoms with van der Waals surface area (Å²) >= 11 is 3.16. The fraction of sp³-hybridized carbons (Fsp3) is 0.111. The van der Waals surface area contributed by atoms with Crippen LogP contribution >= 0.6 is 23.1 Å². The average molecular weight is 340 g/mol. The Hall–Kier alpha value is -2.11. The molecule has 0 spiro atoms. The highest BCUT2D eigenvalue weighted by molar-refractivity contribution is 7.98. The van der Waals surface area contributed by atoms with E-state index in [2.05, 4.69) is 22.4 Å². The van der Waals surface area contributed by atoms with Gasteiger partial charge < -0.3 is 5.32 Å². The summed E-state index contributed by atoms with van der Waals surface area (Å²) in [6.45, 7) is 0. The van der Waals surface area contributed by atoms with E-state index in [1.54, 1.807) is 11.8 Å². The third-order valence-electron chi connectivity index (χ3n) is 3.31. The van der Waals surface area contributed by atoms with Crippen molar-refractivity contribution in [2.24, 2.45) is 0 Å². The van der Waals surface area contributed by atoms with Crippen LogP contribution in [-0.4, -0.2) is 17.1 Å². The molecule has 0 aliphatic rings. The van der Waals surface area contributed by atoms with Gasteiger partial charge in [-0.3, -0.25) is 4.79 Å². The van der Waals surface area contributed by atoms with E-state index in [1.807, 2.05) is 54.1 Å². The zero-order valence-electron chi connectivity index (χ0n) is 12.7. The van der Waals surface area contributed by atoms with Crippen molar-refractivity contribution in [3.8, 4) is 0 Å². The van der Waals surface area contributed by atoms with Crippen LogP contribution in [0.5, 0.6) is 0 Å². The second-order valence-corrected chi connectivity index (χ2v) is 6.80. The molecular weight excluding hydrogens is 324 g/mol. The van der Waals surface area contributed by atoms with Crippen molar-refractivity contribution in [3.63, 3.8) is 0 Å². The lowest BCUT2D eigenvalue weighted by molar-refractivity contribution is 0.102. The lowest BCUT2D eigenvalue weighted by Crippen LogP contribution is -2.12. The van der Waals surface area contributed by atoms with Crippen LogP contribution in [0.15, 0.2) is 64.9 Å². The Morgan fingerprint density at radius 3 is 2.78 bits per heavy atom. The van der Waals surface area contributed by atoms with Gasteiger partial charge in [0.2, 0.25) is 0 Å². The Morgan fingerprint density at radius 2 is 2.00 bits per heavy atom. The highest BCUT2D eigenvalue weighted by Gasteiger charge is 2.11. The van der Waals surface area contributed by atoms with Gasteiger partial charge in [-0.25, -0.2) is 4.98 Å². The SMILES string of the molecule is CSc1cccc(NC(=O)c2csc(Cc3ccccc3)n2)c1. The number of carbonyl (C=O) groups excluding carboxylic acids is 1. The zero-order valence-corrected chi connectivity index (χ0v) is 14.3. The number of aromatic nitrogens is 1. The molecule has 0 aliphatic carbocycles. The maximum absolute atomic E-state index is 12.3. The van der Waals surface area contributed by atoms with Crippen LogP contribution in [0.1, 0.15) is 21.1 Å². The first-order chi connectivity index (χ1) is 11.2. The minimum absolute atomic E-state index is 0.168. The molecule has 1 heterocycles. The van der Waals surface area contributed by atoms with Crippen molar-refractivity contribution in [2.75, 3.05) is 11.6 Å². The summed E-state index contributed by atoms with van der Waals surface area (Å²) in [5.74, 6) is -0.168. The minimum Gasteiger partial charge on any atom is -0.321 e. The molecule has 116 valence electrons. The predicted octanol–water partition coefficient (Wildman–Crippen LogP) is 4.71. The van der Waals surface area contributed by atoms with Crippen LogP contribution in [0, 0.1) is 0 Å². The van der Waals surface area contributed by atoms with Gasteiger partial charge in [0.05, 0.1) is 5.01 Å². The van der Waals surface area contributed by atoms with Gasteiger partial charge >= 0.3 is 0 Å². The van der Waals surface area contributed by atoms with Crippen LogP contribution in [0.25, 0.3) is 0 Å². The normalized spacial score (nSPS) is 10.5. The van der Waals surface area contributed by atoms with E-state index < -0.39 is 0 Å². The van der Waals surface area contributed by atoms with E-state index >= 15 is 0 Å². The van der Waals surface area contributed by atoms with Crippen molar-refractivity contribution in [1.82, 2.24) is 4.98 Å². The third kappa shape index (κ3) is 4.21. The van der Waals surface area contributed by atoms with E-state index in [4.69, 9.17) is 0 Å². The van der Waals surface area contributed by atoms with Gasteiger partial charge in [0.15, 0.2) is 0 Å². The number of thiazole rings is 1. The molecule has 0 bridgehead atoms. The quantitative estimate of drug-likeness (QED) is 0.684. The minimum atomic E-state index is -0.168. The molecule has 0 aliphatic heterocycles. The molecular formula is C18H16N2OS2. The summed E-state index contributed by atoms with van der Waals surface area (Å²) in [5.41, 5.74) is 2.46. The van der Waals surface area contributed by atoms with Crippen LogP contribution in [0.3, 0.4) is 0 Å². The summed E-state index contributed by atoms with van der Waals surface area (Å²) < 4.78 is 0. The number of hydrogen-bond donors (Lipinski definition) is 1. The van der Waals surface area contributed by atoms with E-state index in [1.165, 1.54) is 16.9 Å². The number of carbonyl (C=O) groups is 1. The fourth-order valence-corrected chi connectivity index (χ4v) is 3.43. The Labute approximate surface area is 143 Å². The maximum atomic E-state index is 12.3. The van der Waals surface area contributed by atoms with Crippen LogP contribution in [0.4, 0.5) is 5.69 Å². The van der Waals surface area contributed by atoms with E-state index in [0.717, 1.165) is 22.0 Å². The fourth-order valence-electron chi connectivity index (χ4n) is 2.16. The van der Waals surface area contributed by atoms with Crippen LogP contribution in [0.2, 0.25) is 0 Å². The molecule has 3 aromatic rings. The number of nitrogens with one attached hydrogen (secondary N) is 1. The molecule has 5 heteroatoms. The largest absolute Gasteiger partial charge is 0.321 e. The van der Waals surface area contributed by atoms with Gasteiger partial charge in [-0.05, 0) is 30.0 Å². The summed E-state index contributed by atoms with van der Waals surface area (Å²) in [7, 11) is 0. The zero-order chi connectivity index (χ0) is 16.1. The smallest absolute Gasteiger partial charge is 0.275 e. The van der Waals surface area contributed by atoms with E-state index in [-0.39, 0.29) is 5.91 Å². The first-order valence-corrected chi connectivity index (χ1v) is 9.29.